The molecule has 0 aromatic heterocycles. The van der Waals surface area contributed by atoms with Crippen LogP contribution in [0.25, 0.3) is 0 Å². The van der Waals surface area contributed by atoms with Crippen molar-refractivity contribution in [1.82, 2.24) is 10.2 Å². The number of amides is 2. The highest BCUT2D eigenvalue weighted by molar-refractivity contribution is 8.26. The van der Waals surface area contributed by atoms with Crippen LogP contribution in [0.2, 0.25) is 0 Å². The van der Waals surface area contributed by atoms with E-state index in [-0.39, 0.29) is 23.0 Å². The Kier molecular flexibility index (Phi) is 7.60. The summed E-state index contributed by atoms with van der Waals surface area (Å²) in [5, 5.41) is 2.21. The molecule has 1 atom stereocenters. The Hall–Kier alpha value is -3.98. The lowest BCUT2D eigenvalue weighted by molar-refractivity contribution is -0.112. The smallest absolute Gasteiger partial charge is 0.287 e. The Morgan fingerprint density at radius 2 is 1.73 bits per heavy atom. The van der Waals surface area contributed by atoms with Crippen LogP contribution in [0, 0.1) is 0 Å². The number of carbonyl (C=O) groups is 3. The van der Waals surface area contributed by atoms with Gasteiger partial charge >= 0.3 is 0 Å². The van der Waals surface area contributed by atoms with Gasteiger partial charge in [0.15, 0.2) is 18.2 Å². The van der Waals surface area contributed by atoms with Crippen molar-refractivity contribution in [3.8, 4) is 17.2 Å². The number of nitrogens with one attached hydrogen (secondary N) is 1. The summed E-state index contributed by atoms with van der Waals surface area (Å²) < 4.78 is 17.7. The van der Waals surface area contributed by atoms with E-state index in [1.54, 1.807) is 17.0 Å². The van der Waals surface area contributed by atoms with Gasteiger partial charge in [0.05, 0.1) is 12.2 Å². The van der Waals surface area contributed by atoms with Gasteiger partial charge in [-0.3, -0.25) is 14.4 Å². The third-order valence-electron chi connectivity index (χ3n) is 6.07. The van der Waals surface area contributed by atoms with Gasteiger partial charge in [-0.15, -0.1) is 0 Å². The summed E-state index contributed by atoms with van der Waals surface area (Å²) >= 11 is 0.718. The topological polar surface area (TPSA) is 94.2 Å². The molecular formula is C28H26N2O6S. The molecule has 0 radical (unpaired) electrons. The Morgan fingerprint density at radius 1 is 0.919 bits per heavy atom. The highest BCUT2D eigenvalue weighted by Gasteiger charge is 2.31. The summed E-state index contributed by atoms with van der Waals surface area (Å²) in [6, 6.07) is 22.2. The van der Waals surface area contributed by atoms with Crippen LogP contribution in [0.15, 0.2) is 72.8 Å². The molecule has 2 heterocycles. The number of ether oxygens (including phenoxy) is 3. The number of fused-ring (bicyclic) bond motifs is 1. The van der Waals surface area contributed by atoms with Gasteiger partial charge in [-0.1, -0.05) is 48.5 Å². The van der Waals surface area contributed by atoms with Crippen LogP contribution in [0.4, 0.5) is 4.79 Å². The average molecular weight is 519 g/mol. The lowest BCUT2D eigenvalue weighted by atomic mass is 10.1. The predicted molar refractivity (Wildman–Crippen MR) is 139 cm³/mol. The minimum Gasteiger partial charge on any atom is -0.494 e. The van der Waals surface area contributed by atoms with Gasteiger partial charge in [-0.05, 0) is 41.8 Å². The fourth-order valence-corrected chi connectivity index (χ4v) is 4.82. The number of benzene rings is 3. The van der Waals surface area contributed by atoms with Gasteiger partial charge in [0.2, 0.25) is 5.12 Å². The Labute approximate surface area is 218 Å². The van der Waals surface area contributed by atoms with E-state index in [9.17, 15) is 14.4 Å². The summed E-state index contributed by atoms with van der Waals surface area (Å²) in [5.41, 5.74) is 2.47. The molecule has 2 aliphatic rings. The van der Waals surface area contributed by atoms with Crippen LogP contribution < -0.4 is 19.5 Å². The lowest BCUT2D eigenvalue weighted by Crippen LogP contribution is -2.39. The number of nitrogens with zero attached hydrogens (tertiary/aromatic N) is 1. The second-order valence-corrected chi connectivity index (χ2v) is 9.68. The summed E-state index contributed by atoms with van der Waals surface area (Å²) in [4.78, 5) is 37.8. The fraction of sp³-hybridized carbons (Fsp3) is 0.250. The maximum absolute atomic E-state index is 13.0. The van der Waals surface area contributed by atoms with Crippen molar-refractivity contribution in [3.63, 3.8) is 0 Å². The van der Waals surface area contributed by atoms with Crippen LogP contribution in [-0.2, 0) is 17.8 Å². The first-order chi connectivity index (χ1) is 18.1. The molecule has 2 amide bonds. The van der Waals surface area contributed by atoms with E-state index < -0.39 is 6.04 Å². The predicted octanol–water partition coefficient (Wildman–Crippen LogP) is 4.42. The average Bonchev–Trinajstić information content (AvgIpc) is 3.24. The Morgan fingerprint density at radius 3 is 2.49 bits per heavy atom. The quantitative estimate of drug-likeness (QED) is 0.397. The summed E-state index contributed by atoms with van der Waals surface area (Å²) in [6.45, 7) is 1.47. The Balaban J connectivity index is 1.08. The van der Waals surface area contributed by atoms with Crippen molar-refractivity contribution < 1.29 is 28.6 Å². The SMILES string of the molecule is O=C1NC(Cc2ccc(OCCCN3COc4c(OCc5ccccc5)cccc4C3=O)cc2)C(=O)S1. The van der Waals surface area contributed by atoms with Gasteiger partial charge in [-0.2, -0.15) is 0 Å². The third kappa shape index (κ3) is 6.06. The summed E-state index contributed by atoms with van der Waals surface area (Å²) in [5.74, 6) is 1.64. The molecule has 9 heteroatoms. The normalized spacial score (nSPS) is 16.7. The zero-order valence-electron chi connectivity index (χ0n) is 20.1. The largest absolute Gasteiger partial charge is 0.494 e. The minimum absolute atomic E-state index is 0.0949. The first kappa shape index (κ1) is 24.7. The molecule has 1 fully saturated rings. The van der Waals surface area contributed by atoms with Crippen molar-refractivity contribution in [1.29, 1.82) is 0 Å². The van der Waals surface area contributed by atoms with Gasteiger partial charge in [0.1, 0.15) is 18.4 Å². The molecule has 8 nitrogen and oxygen atoms in total. The molecule has 0 bridgehead atoms. The molecule has 190 valence electrons. The second kappa shape index (κ2) is 11.4. The number of hydrogen-bond donors (Lipinski definition) is 1. The number of para-hydroxylation sites is 1. The number of hydrogen-bond acceptors (Lipinski definition) is 7. The van der Waals surface area contributed by atoms with Crippen LogP contribution in [-0.4, -0.2) is 47.1 Å². The van der Waals surface area contributed by atoms with E-state index in [4.69, 9.17) is 14.2 Å². The molecule has 1 unspecified atom stereocenters. The standard InChI is InChI=1S/C28H26N2O6S/c31-26-22-8-4-9-24(35-17-20-6-2-1-3-7-20)25(22)36-18-30(26)14-5-15-34-21-12-10-19(11-13-21)16-23-27(32)37-28(33)29-23/h1-4,6-13,23H,5,14-18H2,(H,29,33). The monoisotopic (exact) mass is 518 g/mol. The molecule has 0 aliphatic carbocycles. The van der Waals surface area contributed by atoms with Crippen molar-refractivity contribution in [2.24, 2.45) is 0 Å². The maximum Gasteiger partial charge on any atom is 0.287 e. The minimum atomic E-state index is -0.481. The van der Waals surface area contributed by atoms with Crippen molar-refractivity contribution >= 4 is 28.0 Å². The zero-order valence-corrected chi connectivity index (χ0v) is 20.9. The van der Waals surface area contributed by atoms with Crippen LogP contribution in [0.1, 0.15) is 27.9 Å². The molecule has 5 rings (SSSR count). The van der Waals surface area contributed by atoms with Gasteiger partial charge < -0.3 is 24.4 Å². The Bertz CT molecular complexity index is 1280. The lowest BCUT2D eigenvalue weighted by Gasteiger charge is -2.29. The van der Waals surface area contributed by atoms with Crippen molar-refractivity contribution in [2.45, 2.75) is 25.5 Å². The van der Waals surface area contributed by atoms with Crippen LogP contribution in [0.5, 0.6) is 17.2 Å². The second-order valence-electron chi connectivity index (χ2n) is 8.70. The molecular weight excluding hydrogens is 492 g/mol. The molecule has 1 saturated heterocycles. The van der Waals surface area contributed by atoms with E-state index in [0.717, 1.165) is 22.9 Å². The zero-order chi connectivity index (χ0) is 25.6. The molecule has 0 spiro atoms. The van der Waals surface area contributed by atoms with E-state index in [1.165, 1.54) is 0 Å². The van der Waals surface area contributed by atoms with E-state index in [2.05, 4.69) is 5.32 Å². The summed E-state index contributed by atoms with van der Waals surface area (Å²) in [7, 11) is 0. The summed E-state index contributed by atoms with van der Waals surface area (Å²) in [6.07, 6.45) is 1.09. The number of rotatable bonds is 10. The van der Waals surface area contributed by atoms with Gasteiger partial charge in [0.25, 0.3) is 11.1 Å². The van der Waals surface area contributed by atoms with E-state index >= 15 is 0 Å². The first-order valence-electron chi connectivity index (χ1n) is 12.0. The number of carbonyl (C=O) groups excluding carboxylic acids is 3. The van der Waals surface area contributed by atoms with Crippen molar-refractivity contribution in [2.75, 3.05) is 19.9 Å². The van der Waals surface area contributed by atoms with Gasteiger partial charge in [0, 0.05) is 24.7 Å². The fourth-order valence-electron chi connectivity index (χ4n) is 4.15. The third-order valence-corrected chi connectivity index (χ3v) is 6.86. The highest BCUT2D eigenvalue weighted by Crippen LogP contribution is 2.35. The van der Waals surface area contributed by atoms with E-state index in [1.807, 2.05) is 60.7 Å². The molecule has 2 aliphatic heterocycles. The van der Waals surface area contributed by atoms with Gasteiger partial charge in [-0.25, -0.2) is 0 Å². The van der Waals surface area contributed by atoms with Crippen LogP contribution >= 0.6 is 11.8 Å². The highest BCUT2D eigenvalue weighted by atomic mass is 32.2. The maximum atomic E-state index is 13.0. The first-order valence-corrected chi connectivity index (χ1v) is 12.8. The van der Waals surface area contributed by atoms with Crippen LogP contribution in [0.3, 0.4) is 0 Å². The molecule has 3 aromatic rings. The number of thioether (sulfide) groups is 1. The van der Waals surface area contributed by atoms with Crippen molar-refractivity contribution in [3.05, 3.63) is 89.5 Å². The van der Waals surface area contributed by atoms with E-state index in [0.29, 0.717) is 55.4 Å². The molecule has 1 N–H and O–H groups in total. The molecule has 0 saturated carbocycles. The molecule has 37 heavy (non-hydrogen) atoms. The molecule has 3 aromatic carbocycles.